The molecule has 1 amide bonds. The van der Waals surface area contributed by atoms with E-state index >= 15 is 0 Å². The van der Waals surface area contributed by atoms with Gasteiger partial charge in [0.25, 0.3) is 11.9 Å². The normalized spacial score (nSPS) is 18.3. The van der Waals surface area contributed by atoms with Gasteiger partial charge in [0.05, 0.1) is 23.1 Å². The van der Waals surface area contributed by atoms with Gasteiger partial charge in [0.15, 0.2) is 0 Å². The minimum atomic E-state index is 0.0589. The van der Waals surface area contributed by atoms with Gasteiger partial charge in [-0.05, 0) is 49.7 Å². The third-order valence-corrected chi connectivity index (χ3v) is 6.16. The van der Waals surface area contributed by atoms with Gasteiger partial charge in [-0.2, -0.15) is 5.10 Å². The highest BCUT2D eigenvalue weighted by Crippen LogP contribution is 2.32. The number of hydrogen-bond acceptors (Lipinski definition) is 4. The molecule has 2 aromatic heterocycles. The van der Waals surface area contributed by atoms with E-state index in [1.807, 2.05) is 24.1 Å². The molecule has 6 nitrogen and oxygen atoms in total. The van der Waals surface area contributed by atoms with E-state index in [4.69, 9.17) is 4.98 Å². The Morgan fingerprint density at radius 2 is 1.97 bits per heavy atom. The van der Waals surface area contributed by atoms with Crippen LogP contribution in [0, 0.1) is 12.8 Å². The first-order chi connectivity index (χ1) is 14.1. The second-order valence-corrected chi connectivity index (χ2v) is 8.26. The van der Waals surface area contributed by atoms with Crippen LogP contribution in [-0.2, 0) is 12.8 Å². The van der Waals surface area contributed by atoms with Crippen molar-refractivity contribution >= 4 is 5.91 Å². The van der Waals surface area contributed by atoms with E-state index < -0.39 is 0 Å². The zero-order chi connectivity index (χ0) is 20.0. The van der Waals surface area contributed by atoms with Crippen LogP contribution in [0.15, 0.2) is 36.7 Å². The molecule has 1 unspecified atom stereocenters. The molecule has 3 heterocycles. The standard InChI is InChI=1S/C23H25N5O/c1-15-6-5-11-27(14-15)22(29)20-13-25-28(16(20)2)23-24-12-18-10-9-17-7-3-4-8-19(17)21(18)26-23/h3-4,7-8,12-13,15H,5-6,9-11,14H2,1-2H3. The molecule has 1 atom stereocenters. The molecule has 1 aliphatic carbocycles. The number of rotatable bonds is 2. The van der Waals surface area contributed by atoms with E-state index in [-0.39, 0.29) is 5.91 Å². The largest absolute Gasteiger partial charge is 0.338 e. The monoisotopic (exact) mass is 387 g/mol. The molecule has 0 spiro atoms. The molecule has 0 N–H and O–H groups in total. The van der Waals surface area contributed by atoms with Crippen LogP contribution in [0.2, 0.25) is 0 Å². The maximum absolute atomic E-state index is 13.0. The Bertz CT molecular complexity index is 1090. The van der Waals surface area contributed by atoms with Crippen molar-refractivity contribution in [1.82, 2.24) is 24.6 Å². The van der Waals surface area contributed by atoms with Crippen molar-refractivity contribution in [2.45, 2.75) is 39.5 Å². The van der Waals surface area contributed by atoms with Gasteiger partial charge in [-0.25, -0.2) is 14.6 Å². The minimum absolute atomic E-state index is 0.0589. The van der Waals surface area contributed by atoms with E-state index in [1.165, 1.54) is 17.5 Å². The lowest BCUT2D eigenvalue weighted by Crippen LogP contribution is -2.39. The summed E-state index contributed by atoms with van der Waals surface area (Å²) >= 11 is 0. The smallest absolute Gasteiger partial charge is 0.257 e. The van der Waals surface area contributed by atoms with E-state index in [9.17, 15) is 4.79 Å². The summed E-state index contributed by atoms with van der Waals surface area (Å²) in [5.74, 6) is 1.12. The predicted molar refractivity (Wildman–Crippen MR) is 111 cm³/mol. The Morgan fingerprint density at radius 3 is 2.83 bits per heavy atom. The van der Waals surface area contributed by atoms with Gasteiger partial charge in [-0.3, -0.25) is 4.79 Å². The van der Waals surface area contributed by atoms with Gasteiger partial charge >= 0.3 is 0 Å². The average molecular weight is 387 g/mol. The Labute approximate surface area is 170 Å². The van der Waals surface area contributed by atoms with Crippen LogP contribution < -0.4 is 0 Å². The number of likely N-dealkylation sites (tertiary alicyclic amines) is 1. The molecule has 0 bridgehead atoms. The number of nitrogens with zero attached hydrogens (tertiary/aromatic N) is 5. The lowest BCUT2D eigenvalue weighted by atomic mass is 9.90. The Morgan fingerprint density at radius 1 is 1.14 bits per heavy atom. The van der Waals surface area contributed by atoms with Gasteiger partial charge in [0.2, 0.25) is 0 Å². The molecule has 3 aromatic rings. The molecule has 1 saturated heterocycles. The topological polar surface area (TPSA) is 63.9 Å². The van der Waals surface area contributed by atoms with Gasteiger partial charge in [-0.1, -0.05) is 31.2 Å². The second-order valence-electron chi connectivity index (χ2n) is 8.26. The van der Waals surface area contributed by atoms with E-state index in [0.29, 0.717) is 17.4 Å². The molecule has 1 aromatic carbocycles. The maximum atomic E-state index is 13.0. The van der Waals surface area contributed by atoms with Crippen LogP contribution in [0.3, 0.4) is 0 Å². The molecule has 148 valence electrons. The third kappa shape index (κ3) is 3.12. The second kappa shape index (κ2) is 7.10. The number of carbonyl (C=O) groups excluding carboxylic acids is 1. The average Bonchev–Trinajstić information content (AvgIpc) is 3.14. The highest BCUT2D eigenvalue weighted by atomic mass is 16.2. The molecule has 2 aliphatic rings. The summed E-state index contributed by atoms with van der Waals surface area (Å²) < 4.78 is 1.69. The number of benzene rings is 1. The van der Waals surface area contributed by atoms with E-state index in [0.717, 1.165) is 49.3 Å². The molecule has 5 rings (SSSR count). The van der Waals surface area contributed by atoms with Crippen LogP contribution in [0.1, 0.15) is 46.9 Å². The Hall–Kier alpha value is -3.02. The van der Waals surface area contributed by atoms with Crippen molar-refractivity contribution in [1.29, 1.82) is 0 Å². The summed E-state index contributed by atoms with van der Waals surface area (Å²) in [5, 5.41) is 4.47. The summed E-state index contributed by atoms with van der Waals surface area (Å²) in [4.78, 5) is 24.4. The fourth-order valence-corrected chi connectivity index (χ4v) is 4.52. The van der Waals surface area contributed by atoms with Crippen LogP contribution in [0.25, 0.3) is 17.2 Å². The van der Waals surface area contributed by atoms with Gasteiger partial charge in [-0.15, -0.1) is 0 Å². The van der Waals surface area contributed by atoms with Crippen molar-refractivity contribution in [2.75, 3.05) is 13.1 Å². The zero-order valence-electron chi connectivity index (χ0n) is 16.9. The molecule has 1 fully saturated rings. The van der Waals surface area contributed by atoms with Crippen molar-refractivity contribution in [2.24, 2.45) is 5.92 Å². The first-order valence-electron chi connectivity index (χ1n) is 10.4. The summed E-state index contributed by atoms with van der Waals surface area (Å²) in [6.07, 6.45) is 7.78. The van der Waals surface area contributed by atoms with Gasteiger partial charge in [0, 0.05) is 24.8 Å². The van der Waals surface area contributed by atoms with Gasteiger partial charge < -0.3 is 4.90 Å². The molecular formula is C23H25N5O. The van der Waals surface area contributed by atoms with Crippen molar-refractivity contribution in [3.05, 3.63) is 59.0 Å². The molecule has 1 aliphatic heterocycles. The van der Waals surface area contributed by atoms with Crippen LogP contribution in [-0.4, -0.2) is 43.6 Å². The molecular weight excluding hydrogens is 362 g/mol. The minimum Gasteiger partial charge on any atom is -0.338 e. The highest BCUT2D eigenvalue weighted by Gasteiger charge is 2.26. The number of carbonyl (C=O) groups is 1. The van der Waals surface area contributed by atoms with Gasteiger partial charge in [0.1, 0.15) is 0 Å². The SMILES string of the molecule is Cc1c(C(=O)N2CCCC(C)C2)cnn1-c1ncc2c(n1)-c1ccccc1CC2. The van der Waals surface area contributed by atoms with Crippen LogP contribution in [0.5, 0.6) is 0 Å². The van der Waals surface area contributed by atoms with Crippen molar-refractivity contribution < 1.29 is 4.79 Å². The third-order valence-electron chi connectivity index (χ3n) is 6.16. The first-order valence-corrected chi connectivity index (χ1v) is 10.4. The Kier molecular flexibility index (Phi) is 4.42. The van der Waals surface area contributed by atoms with Crippen molar-refractivity contribution in [3.8, 4) is 17.2 Å². The van der Waals surface area contributed by atoms with Crippen LogP contribution in [0.4, 0.5) is 0 Å². The number of aryl methyl sites for hydroxylation is 2. The lowest BCUT2D eigenvalue weighted by molar-refractivity contribution is 0.0682. The molecule has 29 heavy (non-hydrogen) atoms. The predicted octanol–water partition coefficient (Wildman–Crippen LogP) is 3.61. The number of amides is 1. The summed E-state index contributed by atoms with van der Waals surface area (Å²) in [5.41, 5.74) is 6.05. The molecule has 0 saturated carbocycles. The Balaban J connectivity index is 1.50. The maximum Gasteiger partial charge on any atom is 0.257 e. The molecule has 6 heteroatoms. The summed E-state index contributed by atoms with van der Waals surface area (Å²) in [6.45, 7) is 5.76. The quantitative estimate of drug-likeness (QED) is 0.674. The number of aromatic nitrogens is 4. The lowest BCUT2D eigenvalue weighted by Gasteiger charge is -2.30. The number of piperidine rings is 1. The fraction of sp³-hybridized carbons (Fsp3) is 0.391. The number of fused-ring (bicyclic) bond motifs is 3. The van der Waals surface area contributed by atoms with Crippen molar-refractivity contribution in [3.63, 3.8) is 0 Å². The number of hydrogen-bond donors (Lipinski definition) is 0. The summed E-state index contributed by atoms with van der Waals surface area (Å²) in [7, 11) is 0. The summed E-state index contributed by atoms with van der Waals surface area (Å²) in [6, 6.07) is 8.40. The zero-order valence-corrected chi connectivity index (χ0v) is 16.9. The van der Waals surface area contributed by atoms with Crippen LogP contribution >= 0.6 is 0 Å². The van der Waals surface area contributed by atoms with E-state index in [2.05, 4.69) is 35.2 Å². The fourth-order valence-electron chi connectivity index (χ4n) is 4.52. The highest BCUT2D eigenvalue weighted by molar-refractivity contribution is 5.95. The van der Waals surface area contributed by atoms with E-state index in [1.54, 1.807) is 10.9 Å². The first kappa shape index (κ1) is 18.0. The molecule has 0 radical (unpaired) electrons.